The van der Waals surface area contributed by atoms with Crippen LogP contribution in [-0.2, 0) is 9.59 Å². The molecule has 0 heterocycles. The zero-order valence-electron chi connectivity index (χ0n) is 9.53. The van der Waals surface area contributed by atoms with Gasteiger partial charge in [0, 0.05) is 12.0 Å². The highest BCUT2D eigenvalue weighted by atomic mass is 16.4. The van der Waals surface area contributed by atoms with E-state index in [9.17, 15) is 9.59 Å². The van der Waals surface area contributed by atoms with Crippen LogP contribution in [0.15, 0.2) is 11.6 Å². The first-order valence-corrected chi connectivity index (χ1v) is 5.47. The number of allylic oxidation sites excluding steroid dienone is 1. The number of carboxylic acid groups (broad SMARTS) is 1. The Morgan fingerprint density at radius 1 is 1.40 bits per heavy atom. The first-order valence-electron chi connectivity index (χ1n) is 5.47. The SMILES string of the molecule is CCCCC(=CC[C@H](C)CC=O)C(=O)O. The van der Waals surface area contributed by atoms with Crippen molar-refractivity contribution in [1.82, 2.24) is 0 Å². The Labute approximate surface area is 91.2 Å². The topological polar surface area (TPSA) is 54.4 Å². The number of hydrogen-bond acceptors (Lipinski definition) is 2. The highest BCUT2D eigenvalue weighted by Crippen LogP contribution is 2.13. The Morgan fingerprint density at radius 3 is 2.53 bits per heavy atom. The molecule has 0 aromatic heterocycles. The van der Waals surface area contributed by atoms with Crippen molar-refractivity contribution in [2.45, 2.75) is 46.0 Å². The second-order valence-corrected chi connectivity index (χ2v) is 3.88. The highest BCUT2D eigenvalue weighted by molar-refractivity contribution is 5.86. The molecule has 1 N–H and O–H groups in total. The molecule has 0 saturated heterocycles. The van der Waals surface area contributed by atoms with Crippen LogP contribution in [0.1, 0.15) is 46.0 Å². The fraction of sp³-hybridized carbons (Fsp3) is 0.667. The Balaban J connectivity index is 4.15. The minimum Gasteiger partial charge on any atom is -0.478 e. The lowest BCUT2D eigenvalue weighted by Crippen LogP contribution is -2.02. The molecule has 0 aromatic carbocycles. The van der Waals surface area contributed by atoms with Crippen molar-refractivity contribution < 1.29 is 14.7 Å². The van der Waals surface area contributed by atoms with E-state index in [4.69, 9.17) is 5.11 Å². The first-order chi connectivity index (χ1) is 7.11. The quantitative estimate of drug-likeness (QED) is 0.497. The van der Waals surface area contributed by atoms with Gasteiger partial charge in [0.15, 0.2) is 0 Å². The predicted octanol–water partition coefficient (Wildman–Crippen LogP) is 2.80. The fourth-order valence-electron chi connectivity index (χ4n) is 1.27. The van der Waals surface area contributed by atoms with Gasteiger partial charge in [-0.25, -0.2) is 4.79 Å². The van der Waals surface area contributed by atoms with Crippen molar-refractivity contribution in [1.29, 1.82) is 0 Å². The second-order valence-electron chi connectivity index (χ2n) is 3.88. The summed E-state index contributed by atoms with van der Waals surface area (Å²) in [5.74, 6) is -0.597. The third-order valence-electron chi connectivity index (χ3n) is 2.34. The molecule has 0 spiro atoms. The van der Waals surface area contributed by atoms with Gasteiger partial charge in [0.25, 0.3) is 0 Å². The van der Waals surface area contributed by atoms with Crippen LogP contribution < -0.4 is 0 Å². The van der Waals surface area contributed by atoms with Crippen molar-refractivity contribution in [3.63, 3.8) is 0 Å². The molecule has 1 atom stereocenters. The summed E-state index contributed by atoms with van der Waals surface area (Å²) >= 11 is 0. The minimum atomic E-state index is -0.832. The molecule has 3 heteroatoms. The number of carboxylic acids is 1. The molecule has 0 saturated carbocycles. The maximum absolute atomic E-state index is 10.8. The summed E-state index contributed by atoms with van der Waals surface area (Å²) in [7, 11) is 0. The van der Waals surface area contributed by atoms with Crippen molar-refractivity contribution in [3.8, 4) is 0 Å². The van der Waals surface area contributed by atoms with Gasteiger partial charge < -0.3 is 9.90 Å². The van der Waals surface area contributed by atoms with E-state index in [0.717, 1.165) is 19.1 Å². The van der Waals surface area contributed by atoms with Crippen molar-refractivity contribution in [2.24, 2.45) is 5.92 Å². The van der Waals surface area contributed by atoms with Gasteiger partial charge in [-0.1, -0.05) is 26.3 Å². The number of unbranched alkanes of at least 4 members (excludes halogenated alkanes) is 1. The van der Waals surface area contributed by atoms with Gasteiger partial charge in [-0.05, 0) is 25.2 Å². The number of aldehydes is 1. The lowest BCUT2D eigenvalue weighted by Gasteiger charge is -2.05. The predicted molar refractivity (Wildman–Crippen MR) is 59.7 cm³/mol. The lowest BCUT2D eigenvalue weighted by molar-refractivity contribution is -0.132. The van der Waals surface area contributed by atoms with Gasteiger partial charge in [0.05, 0.1) is 0 Å². The molecule has 0 aromatic rings. The molecule has 0 rings (SSSR count). The Hall–Kier alpha value is -1.12. The van der Waals surface area contributed by atoms with Crippen LogP contribution >= 0.6 is 0 Å². The summed E-state index contributed by atoms with van der Waals surface area (Å²) in [5, 5.41) is 8.90. The van der Waals surface area contributed by atoms with Crippen LogP contribution in [0.4, 0.5) is 0 Å². The monoisotopic (exact) mass is 212 g/mol. The molecule has 0 bridgehead atoms. The van der Waals surface area contributed by atoms with Crippen LogP contribution in [0.5, 0.6) is 0 Å². The number of rotatable bonds is 8. The van der Waals surface area contributed by atoms with Gasteiger partial charge in [-0.3, -0.25) is 0 Å². The zero-order chi connectivity index (χ0) is 11.7. The van der Waals surface area contributed by atoms with Crippen molar-refractivity contribution in [3.05, 3.63) is 11.6 Å². The van der Waals surface area contributed by atoms with Crippen LogP contribution in [0.3, 0.4) is 0 Å². The highest BCUT2D eigenvalue weighted by Gasteiger charge is 2.07. The molecule has 0 radical (unpaired) electrons. The van der Waals surface area contributed by atoms with Gasteiger partial charge in [-0.15, -0.1) is 0 Å². The average Bonchev–Trinajstić information content (AvgIpc) is 2.17. The second kappa shape index (κ2) is 8.21. The lowest BCUT2D eigenvalue weighted by atomic mass is 10.0. The van der Waals surface area contributed by atoms with E-state index in [1.807, 2.05) is 13.8 Å². The van der Waals surface area contributed by atoms with Gasteiger partial charge >= 0.3 is 5.97 Å². The molecular formula is C12H20O3. The van der Waals surface area contributed by atoms with E-state index in [2.05, 4.69) is 0 Å². The Kier molecular flexibility index (Phi) is 7.60. The molecule has 0 unspecified atom stereocenters. The third kappa shape index (κ3) is 6.89. The van der Waals surface area contributed by atoms with E-state index in [1.54, 1.807) is 6.08 Å². The summed E-state index contributed by atoms with van der Waals surface area (Å²) in [5.41, 5.74) is 0.481. The summed E-state index contributed by atoms with van der Waals surface area (Å²) in [6.45, 7) is 3.98. The molecule has 3 nitrogen and oxygen atoms in total. The van der Waals surface area contributed by atoms with Crippen molar-refractivity contribution >= 4 is 12.3 Å². The smallest absolute Gasteiger partial charge is 0.331 e. The first kappa shape index (κ1) is 13.9. The van der Waals surface area contributed by atoms with E-state index in [0.29, 0.717) is 24.8 Å². The van der Waals surface area contributed by atoms with Gasteiger partial charge in [0.1, 0.15) is 6.29 Å². The molecule has 0 fully saturated rings. The molecule has 0 aliphatic carbocycles. The molecule has 0 amide bonds. The summed E-state index contributed by atoms with van der Waals surface area (Å²) in [6.07, 6.45) is 6.33. The summed E-state index contributed by atoms with van der Waals surface area (Å²) in [6, 6.07) is 0. The molecule has 15 heavy (non-hydrogen) atoms. The molecule has 0 aliphatic rings. The maximum atomic E-state index is 10.8. The third-order valence-corrected chi connectivity index (χ3v) is 2.34. The van der Waals surface area contributed by atoms with Crippen LogP contribution in [0, 0.1) is 5.92 Å². The molecular weight excluding hydrogens is 192 g/mol. The van der Waals surface area contributed by atoms with Crippen LogP contribution in [0.2, 0.25) is 0 Å². The number of carbonyl (C=O) groups excluding carboxylic acids is 1. The van der Waals surface area contributed by atoms with E-state index < -0.39 is 5.97 Å². The van der Waals surface area contributed by atoms with Gasteiger partial charge in [-0.2, -0.15) is 0 Å². The zero-order valence-corrected chi connectivity index (χ0v) is 9.53. The van der Waals surface area contributed by atoms with E-state index in [-0.39, 0.29) is 5.92 Å². The summed E-state index contributed by atoms with van der Waals surface area (Å²) < 4.78 is 0. The Bertz CT molecular complexity index is 231. The maximum Gasteiger partial charge on any atom is 0.331 e. The number of aliphatic carboxylic acids is 1. The minimum absolute atomic E-state index is 0.235. The van der Waals surface area contributed by atoms with Gasteiger partial charge in [0.2, 0.25) is 0 Å². The molecule has 86 valence electrons. The normalized spacial score (nSPS) is 13.6. The Morgan fingerprint density at radius 2 is 2.07 bits per heavy atom. The largest absolute Gasteiger partial charge is 0.478 e. The number of carbonyl (C=O) groups is 2. The van der Waals surface area contributed by atoms with E-state index >= 15 is 0 Å². The van der Waals surface area contributed by atoms with Crippen LogP contribution in [-0.4, -0.2) is 17.4 Å². The molecule has 0 aliphatic heterocycles. The van der Waals surface area contributed by atoms with E-state index in [1.165, 1.54) is 0 Å². The fourth-order valence-corrected chi connectivity index (χ4v) is 1.27. The van der Waals surface area contributed by atoms with Crippen molar-refractivity contribution in [2.75, 3.05) is 0 Å². The average molecular weight is 212 g/mol. The van der Waals surface area contributed by atoms with Crippen LogP contribution in [0.25, 0.3) is 0 Å². The number of hydrogen-bond donors (Lipinski definition) is 1. The standard InChI is InChI=1S/C12H20O3/c1-3-4-5-11(12(14)15)7-6-10(2)8-9-13/h7,9-10H,3-6,8H2,1-2H3,(H,14,15)/t10-/m0/s1. The summed E-state index contributed by atoms with van der Waals surface area (Å²) in [4.78, 5) is 21.1.